The third kappa shape index (κ3) is 2.76. The highest BCUT2D eigenvalue weighted by atomic mass is 15.3. The second kappa shape index (κ2) is 5.34. The Balaban J connectivity index is 2.93. The summed E-state index contributed by atoms with van der Waals surface area (Å²) in [6, 6.07) is 0.550. The van der Waals surface area contributed by atoms with Crippen molar-refractivity contribution >= 4 is 5.82 Å². The Labute approximate surface area is 98.6 Å². The molecule has 0 atom stereocenters. The van der Waals surface area contributed by atoms with E-state index in [2.05, 4.69) is 50.1 Å². The average Bonchev–Trinajstić information content (AvgIpc) is 2.45. The monoisotopic (exact) mass is 224 g/mol. The van der Waals surface area contributed by atoms with Gasteiger partial charge in [-0.3, -0.25) is 9.58 Å². The molecule has 1 heterocycles. The summed E-state index contributed by atoms with van der Waals surface area (Å²) in [5.41, 5.74) is 2.42. The quantitative estimate of drug-likeness (QED) is 0.830. The van der Waals surface area contributed by atoms with Gasteiger partial charge in [0, 0.05) is 31.7 Å². The van der Waals surface area contributed by atoms with Gasteiger partial charge in [0.2, 0.25) is 0 Å². The maximum absolute atomic E-state index is 4.47. The summed E-state index contributed by atoms with van der Waals surface area (Å²) in [6.07, 6.45) is 0. The molecule has 0 aliphatic carbocycles. The van der Waals surface area contributed by atoms with Gasteiger partial charge in [0.05, 0.1) is 5.69 Å². The smallest absolute Gasteiger partial charge is 0.128 e. The van der Waals surface area contributed by atoms with Gasteiger partial charge in [-0.2, -0.15) is 5.10 Å². The molecule has 16 heavy (non-hydrogen) atoms. The Kier molecular flexibility index (Phi) is 4.35. The summed E-state index contributed by atoms with van der Waals surface area (Å²) in [5.74, 6) is 1.15. The van der Waals surface area contributed by atoms with Gasteiger partial charge in [0.25, 0.3) is 0 Å². The molecule has 1 aromatic heterocycles. The largest absolute Gasteiger partial charge is 0.370 e. The maximum atomic E-state index is 4.47. The van der Waals surface area contributed by atoms with Crippen LogP contribution in [-0.2, 0) is 13.6 Å². The van der Waals surface area contributed by atoms with E-state index in [9.17, 15) is 0 Å². The van der Waals surface area contributed by atoms with Crippen molar-refractivity contribution < 1.29 is 0 Å². The van der Waals surface area contributed by atoms with E-state index in [1.807, 2.05) is 11.7 Å². The van der Waals surface area contributed by atoms with Crippen molar-refractivity contribution in [2.45, 2.75) is 40.3 Å². The van der Waals surface area contributed by atoms with Crippen LogP contribution in [0.1, 0.15) is 32.0 Å². The molecule has 0 saturated heterocycles. The number of rotatable bonds is 5. The molecule has 1 N–H and O–H groups in total. The molecule has 0 radical (unpaired) electrons. The summed E-state index contributed by atoms with van der Waals surface area (Å²) in [6.45, 7) is 10.5. The van der Waals surface area contributed by atoms with Crippen LogP contribution in [0.5, 0.6) is 0 Å². The van der Waals surface area contributed by atoms with Crippen molar-refractivity contribution in [1.29, 1.82) is 0 Å². The second-order valence-electron chi connectivity index (χ2n) is 4.58. The first kappa shape index (κ1) is 13.0. The highest BCUT2D eigenvalue weighted by Crippen LogP contribution is 2.20. The standard InChI is InChI=1S/C12H24N4/c1-7-13-12-11(8-15(5)9(2)3)10(4)14-16(12)6/h9,13H,7-8H2,1-6H3. The van der Waals surface area contributed by atoms with E-state index in [1.165, 1.54) is 5.56 Å². The van der Waals surface area contributed by atoms with Crippen molar-refractivity contribution in [3.63, 3.8) is 0 Å². The van der Waals surface area contributed by atoms with Crippen LogP contribution in [0.4, 0.5) is 5.82 Å². The lowest BCUT2D eigenvalue weighted by Gasteiger charge is -2.21. The molecule has 4 heteroatoms. The molecule has 0 fully saturated rings. The molecule has 0 spiro atoms. The molecule has 92 valence electrons. The maximum Gasteiger partial charge on any atom is 0.128 e. The molecular weight excluding hydrogens is 200 g/mol. The number of aryl methyl sites for hydroxylation is 2. The van der Waals surface area contributed by atoms with Crippen LogP contribution in [-0.4, -0.2) is 34.3 Å². The molecule has 0 saturated carbocycles. The van der Waals surface area contributed by atoms with E-state index in [1.54, 1.807) is 0 Å². The molecule has 0 unspecified atom stereocenters. The fourth-order valence-corrected chi connectivity index (χ4v) is 1.71. The van der Waals surface area contributed by atoms with E-state index >= 15 is 0 Å². The first-order valence-corrected chi connectivity index (χ1v) is 5.93. The summed E-state index contributed by atoms with van der Waals surface area (Å²) in [5, 5.41) is 7.85. The molecule has 1 rings (SSSR count). The Hall–Kier alpha value is -1.03. The number of hydrogen-bond acceptors (Lipinski definition) is 3. The van der Waals surface area contributed by atoms with Gasteiger partial charge >= 0.3 is 0 Å². The first-order chi connectivity index (χ1) is 7.47. The third-order valence-electron chi connectivity index (χ3n) is 2.98. The van der Waals surface area contributed by atoms with Crippen molar-refractivity contribution in [2.75, 3.05) is 18.9 Å². The molecule has 0 aromatic carbocycles. The van der Waals surface area contributed by atoms with Crippen LogP contribution in [0, 0.1) is 6.92 Å². The van der Waals surface area contributed by atoms with Gasteiger partial charge in [0.1, 0.15) is 5.82 Å². The molecule has 0 amide bonds. The van der Waals surface area contributed by atoms with Gasteiger partial charge in [-0.05, 0) is 34.7 Å². The van der Waals surface area contributed by atoms with Crippen LogP contribution in [0.2, 0.25) is 0 Å². The van der Waals surface area contributed by atoms with Crippen LogP contribution in [0.15, 0.2) is 0 Å². The van der Waals surface area contributed by atoms with Crippen molar-refractivity contribution in [1.82, 2.24) is 14.7 Å². The molecule has 0 bridgehead atoms. The predicted octanol–water partition coefficient (Wildman–Crippen LogP) is 2.00. The molecule has 0 aliphatic rings. The van der Waals surface area contributed by atoms with Crippen LogP contribution in [0.3, 0.4) is 0 Å². The Morgan fingerprint density at radius 1 is 1.44 bits per heavy atom. The van der Waals surface area contributed by atoms with Crippen molar-refractivity contribution in [3.8, 4) is 0 Å². The Bertz CT molecular complexity index is 341. The predicted molar refractivity (Wildman–Crippen MR) is 68.7 cm³/mol. The zero-order valence-electron chi connectivity index (χ0n) is 11.3. The highest BCUT2D eigenvalue weighted by molar-refractivity contribution is 5.47. The average molecular weight is 224 g/mol. The third-order valence-corrected chi connectivity index (χ3v) is 2.98. The minimum absolute atomic E-state index is 0.550. The van der Waals surface area contributed by atoms with Crippen LogP contribution < -0.4 is 5.32 Å². The fraction of sp³-hybridized carbons (Fsp3) is 0.750. The van der Waals surface area contributed by atoms with Crippen LogP contribution >= 0.6 is 0 Å². The van der Waals surface area contributed by atoms with Gasteiger partial charge in [-0.15, -0.1) is 0 Å². The van der Waals surface area contributed by atoms with Gasteiger partial charge in [-0.25, -0.2) is 0 Å². The lowest BCUT2D eigenvalue weighted by Crippen LogP contribution is -2.26. The molecule has 4 nitrogen and oxygen atoms in total. The Morgan fingerprint density at radius 3 is 2.56 bits per heavy atom. The van der Waals surface area contributed by atoms with E-state index in [4.69, 9.17) is 0 Å². The number of aromatic nitrogens is 2. The number of hydrogen-bond donors (Lipinski definition) is 1. The first-order valence-electron chi connectivity index (χ1n) is 5.93. The van der Waals surface area contributed by atoms with Gasteiger partial charge in [-0.1, -0.05) is 0 Å². The van der Waals surface area contributed by atoms with Crippen LogP contribution in [0.25, 0.3) is 0 Å². The van der Waals surface area contributed by atoms with Crippen molar-refractivity contribution in [2.24, 2.45) is 7.05 Å². The number of nitrogens with one attached hydrogen (secondary N) is 1. The zero-order valence-corrected chi connectivity index (χ0v) is 11.3. The molecule has 0 aliphatic heterocycles. The fourth-order valence-electron chi connectivity index (χ4n) is 1.71. The van der Waals surface area contributed by atoms with E-state index < -0.39 is 0 Å². The number of nitrogens with zero attached hydrogens (tertiary/aromatic N) is 3. The SMILES string of the molecule is CCNc1c(CN(C)C(C)C)c(C)nn1C. The lowest BCUT2D eigenvalue weighted by molar-refractivity contribution is 0.265. The lowest BCUT2D eigenvalue weighted by atomic mass is 10.2. The van der Waals surface area contributed by atoms with Gasteiger partial charge < -0.3 is 5.32 Å². The zero-order chi connectivity index (χ0) is 12.3. The minimum atomic E-state index is 0.550. The summed E-state index contributed by atoms with van der Waals surface area (Å²) >= 11 is 0. The van der Waals surface area contributed by atoms with Crippen molar-refractivity contribution in [3.05, 3.63) is 11.3 Å². The normalized spacial score (nSPS) is 11.5. The summed E-state index contributed by atoms with van der Waals surface area (Å²) in [7, 11) is 4.14. The summed E-state index contributed by atoms with van der Waals surface area (Å²) < 4.78 is 1.93. The van der Waals surface area contributed by atoms with E-state index in [0.29, 0.717) is 6.04 Å². The molecule has 1 aromatic rings. The van der Waals surface area contributed by atoms with E-state index in [0.717, 1.165) is 24.6 Å². The minimum Gasteiger partial charge on any atom is -0.370 e. The topological polar surface area (TPSA) is 33.1 Å². The highest BCUT2D eigenvalue weighted by Gasteiger charge is 2.15. The van der Waals surface area contributed by atoms with Gasteiger partial charge in [0.15, 0.2) is 0 Å². The number of anilines is 1. The summed E-state index contributed by atoms with van der Waals surface area (Å²) in [4.78, 5) is 2.32. The molecular formula is C12H24N4. The Morgan fingerprint density at radius 2 is 2.06 bits per heavy atom. The second-order valence-corrected chi connectivity index (χ2v) is 4.58. The van der Waals surface area contributed by atoms with E-state index in [-0.39, 0.29) is 0 Å².